The van der Waals surface area contributed by atoms with Gasteiger partial charge < -0.3 is 9.64 Å². The smallest absolute Gasteiger partial charge is 0.0829 e. The summed E-state index contributed by atoms with van der Waals surface area (Å²) in [6, 6.07) is 0. The standard InChI is InChI=1S/C14H30N2O.C2H6/c1-5-6-7-16-8-9-17-14(12-16)11-15(4)10-13(2)3;1-2/h13-14H,5-12H2,1-4H3;1-2H3. The Morgan fingerprint density at radius 3 is 2.58 bits per heavy atom. The highest BCUT2D eigenvalue weighted by atomic mass is 16.5. The second-order valence-electron chi connectivity index (χ2n) is 5.76. The molecule has 0 N–H and O–H groups in total. The molecule has 0 aromatic rings. The molecular weight excluding hydrogens is 236 g/mol. The molecule has 1 rings (SSSR count). The van der Waals surface area contributed by atoms with Crippen LogP contribution in [0.25, 0.3) is 0 Å². The van der Waals surface area contributed by atoms with E-state index in [9.17, 15) is 0 Å². The van der Waals surface area contributed by atoms with Crippen LogP contribution in [0, 0.1) is 5.92 Å². The Morgan fingerprint density at radius 1 is 1.32 bits per heavy atom. The summed E-state index contributed by atoms with van der Waals surface area (Å²) in [4.78, 5) is 4.96. The average molecular weight is 272 g/mol. The molecule has 116 valence electrons. The quantitative estimate of drug-likeness (QED) is 0.708. The van der Waals surface area contributed by atoms with E-state index in [4.69, 9.17) is 4.74 Å². The summed E-state index contributed by atoms with van der Waals surface area (Å²) < 4.78 is 5.86. The SMILES string of the molecule is CC.CCCCN1CCOC(CN(C)CC(C)C)C1. The molecule has 0 radical (unpaired) electrons. The normalized spacial score (nSPS) is 20.5. The molecule has 1 aliphatic heterocycles. The van der Waals surface area contributed by atoms with Crippen LogP contribution in [0.15, 0.2) is 0 Å². The molecule has 1 saturated heterocycles. The zero-order valence-electron chi connectivity index (χ0n) is 14.1. The van der Waals surface area contributed by atoms with Crippen LogP contribution in [-0.2, 0) is 4.74 Å². The van der Waals surface area contributed by atoms with Crippen LogP contribution in [0.1, 0.15) is 47.5 Å². The Morgan fingerprint density at radius 2 is 2.00 bits per heavy atom. The van der Waals surface area contributed by atoms with Crippen molar-refractivity contribution in [1.29, 1.82) is 0 Å². The number of morpholine rings is 1. The summed E-state index contributed by atoms with van der Waals surface area (Å²) in [5, 5.41) is 0. The van der Waals surface area contributed by atoms with Crippen molar-refractivity contribution in [2.45, 2.75) is 53.6 Å². The largest absolute Gasteiger partial charge is 0.374 e. The van der Waals surface area contributed by atoms with Gasteiger partial charge in [-0.1, -0.05) is 41.0 Å². The van der Waals surface area contributed by atoms with Gasteiger partial charge in [0.2, 0.25) is 0 Å². The van der Waals surface area contributed by atoms with Crippen molar-refractivity contribution in [3.8, 4) is 0 Å². The van der Waals surface area contributed by atoms with Crippen LogP contribution in [0.2, 0.25) is 0 Å². The van der Waals surface area contributed by atoms with Gasteiger partial charge in [0, 0.05) is 26.2 Å². The van der Waals surface area contributed by atoms with Crippen LogP contribution in [0.3, 0.4) is 0 Å². The number of hydrogen-bond acceptors (Lipinski definition) is 3. The molecule has 0 bridgehead atoms. The Hall–Kier alpha value is -0.120. The molecule has 0 amide bonds. The van der Waals surface area contributed by atoms with Gasteiger partial charge in [-0.2, -0.15) is 0 Å². The zero-order chi connectivity index (χ0) is 14.7. The number of unbranched alkanes of at least 4 members (excludes halogenated alkanes) is 1. The highest BCUT2D eigenvalue weighted by molar-refractivity contribution is 4.74. The Balaban J connectivity index is 0.00000154. The van der Waals surface area contributed by atoms with E-state index < -0.39 is 0 Å². The Bertz CT molecular complexity index is 197. The fourth-order valence-electron chi connectivity index (χ4n) is 2.52. The highest BCUT2D eigenvalue weighted by Crippen LogP contribution is 2.08. The van der Waals surface area contributed by atoms with Crippen molar-refractivity contribution in [1.82, 2.24) is 9.80 Å². The lowest BCUT2D eigenvalue weighted by Crippen LogP contribution is -2.47. The molecule has 0 aromatic heterocycles. The van der Waals surface area contributed by atoms with Gasteiger partial charge in [0.05, 0.1) is 12.7 Å². The van der Waals surface area contributed by atoms with Gasteiger partial charge >= 0.3 is 0 Å². The summed E-state index contributed by atoms with van der Waals surface area (Å²) in [5.41, 5.74) is 0. The number of rotatable bonds is 7. The highest BCUT2D eigenvalue weighted by Gasteiger charge is 2.21. The fourth-order valence-corrected chi connectivity index (χ4v) is 2.52. The van der Waals surface area contributed by atoms with Crippen molar-refractivity contribution in [2.75, 3.05) is 46.4 Å². The molecule has 0 aliphatic carbocycles. The van der Waals surface area contributed by atoms with Gasteiger partial charge in [-0.3, -0.25) is 4.90 Å². The number of hydrogen-bond donors (Lipinski definition) is 0. The van der Waals surface area contributed by atoms with E-state index in [1.165, 1.54) is 19.4 Å². The van der Waals surface area contributed by atoms with E-state index in [-0.39, 0.29) is 0 Å². The van der Waals surface area contributed by atoms with Crippen molar-refractivity contribution >= 4 is 0 Å². The first-order valence-electron chi connectivity index (χ1n) is 8.14. The van der Waals surface area contributed by atoms with Crippen molar-refractivity contribution in [3.63, 3.8) is 0 Å². The van der Waals surface area contributed by atoms with Gasteiger partial charge in [0.25, 0.3) is 0 Å². The van der Waals surface area contributed by atoms with Crippen molar-refractivity contribution in [3.05, 3.63) is 0 Å². The molecule has 19 heavy (non-hydrogen) atoms. The van der Waals surface area contributed by atoms with Crippen LogP contribution in [0.4, 0.5) is 0 Å². The second-order valence-corrected chi connectivity index (χ2v) is 5.76. The van der Waals surface area contributed by atoms with Crippen LogP contribution in [-0.4, -0.2) is 62.3 Å². The first kappa shape index (κ1) is 18.9. The summed E-state index contributed by atoms with van der Waals surface area (Å²) in [7, 11) is 2.20. The zero-order valence-corrected chi connectivity index (χ0v) is 14.1. The predicted octanol–water partition coefficient (Wildman–Crippen LogP) is 3.10. The summed E-state index contributed by atoms with van der Waals surface area (Å²) in [6.07, 6.45) is 3.01. The minimum atomic E-state index is 0.407. The molecule has 1 atom stereocenters. The molecule has 1 heterocycles. The van der Waals surface area contributed by atoms with Gasteiger partial charge in [-0.05, 0) is 25.9 Å². The Labute approximate surface area is 121 Å². The molecule has 1 aliphatic rings. The molecule has 0 spiro atoms. The molecule has 3 heteroatoms. The fraction of sp³-hybridized carbons (Fsp3) is 1.00. The third-order valence-electron chi connectivity index (χ3n) is 3.24. The molecule has 0 saturated carbocycles. The summed E-state index contributed by atoms with van der Waals surface area (Å²) >= 11 is 0. The average Bonchev–Trinajstić information content (AvgIpc) is 2.38. The topological polar surface area (TPSA) is 15.7 Å². The van der Waals surface area contributed by atoms with Gasteiger partial charge in [0.15, 0.2) is 0 Å². The van der Waals surface area contributed by atoms with Gasteiger partial charge in [-0.25, -0.2) is 0 Å². The maximum Gasteiger partial charge on any atom is 0.0829 e. The summed E-state index contributed by atoms with van der Waals surface area (Å²) in [5.74, 6) is 0.736. The van der Waals surface area contributed by atoms with E-state index in [0.29, 0.717) is 6.10 Å². The predicted molar refractivity (Wildman–Crippen MR) is 84.8 cm³/mol. The van der Waals surface area contributed by atoms with E-state index in [2.05, 4.69) is 37.6 Å². The maximum atomic E-state index is 5.86. The van der Waals surface area contributed by atoms with E-state index in [1.807, 2.05) is 13.8 Å². The van der Waals surface area contributed by atoms with Crippen LogP contribution >= 0.6 is 0 Å². The van der Waals surface area contributed by atoms with Crippen LogP contribution in [0.5, 0.6) is 0 Å². The van der Waals surface area contributed by atoms with E-state index in [0.717, 1.165) is 38.7 Å². The van der Waals surface area contributed by atoms with E-state index in [1.54, 1.807) is 0 Å². The third kappa shape index (κ3) is 9.42. The van der Waals surface area contributed by atoms with Crippen molar-refractivity contribution < 1.29 is 4.74 Å². The number of likely N-dealkylation sites (N-methyl/N-ethyl adjacent to an activating group) is 1. The molecule has 0 aromatic carbocycles. The number of ether oxygens (including phenoxy) is 1. The number of nitrogens with zero attached hydrogens (tertiary/aromatic N) is 2. The van der Waals surface area contributed by atoms with E-state index >= 15 is 0 Å². The minimum absolute atomic E-state index is 0.407. The summed E-state index contributed by atoms with van der Waals surface area (Å²) in [6.45, 7) is 17.4. The lowest BCUT2D eigenvalue weighted by Gasteiger charge is -2.35. The first-order valence-corrected chi connectivity index (χ1v) is 8.14. The monoisotopic (exact) mass is 272 g/mol. The van der Waals surface area contributed by atoms with Gasteiger partial charge in [-0.15, -0.1) is 0 Å². The lowest BCUT2D eigenvalue weighted by molar-refractivity contribution is -0.0415. The van der Waals surface area contributed by atoms with Gasteiger partial charge in [0.1, 0.15) is 0 Å². The second kappa shape index (κ2) is 11.7. The molecule has 3 nitrogen and oxygen atoms in total. The van der Waals surface area contributed by atoms with Crippen LogP contribution < -0.4 is 0 Å². The maximum absolute atomic E-state index is 5.86. The molecule has 1 fully saturated rings. The third-order valence-corrected chi connectivity index (χ3v) is 3.24. The molecule has 1 unspecified atom stereocenters. The minimum Gasteiger partial charge on any atom is -0.374 e. The Kier molecular flexibility index (Phi) is 11.6. The van der Waals surface area contributed by atoms with Crippen molar-refractivity contribution in [2.24, 2.45) is 5.92 Å². The first-order chi connectivity index (χ1) is 9.11. The molecular formula is C16H36N2O. The lowest BCUT2D eigenvalue weighted by atomic mass is 10.2.